The number of fused-ring (bicyclic) bond motifs is 2. The van der Waals surface area contributed by atoms with Crippen LogP contribution in [0.3, 0.4) is 0 Å². The van der Waals surface area contributed by atoms with Gasteiger partial charge in [-0.2, -0.15) is 8.78 Å². The molecule has 1 fully saturated rings. The molecule has 8 nitrogen and oxygen atoms in total. The summed E-state index contributed by atoms with van der Waals surface area (Å²) in [7, 11) is 0. The van der Waals surface area contributed by atoms with Gasteiger partial charge in [0, 0.05) is 24.3 Å². The van der Waals surface area contributed by atoms with Crippen molar-refractivity contribution < 1.29 is 33.0 Å². The van der Waals surface area contributed by atoms with Crippen molar-refractivity contribution in [3.63, 3.8) is 0 Å². The molecule has 1 aliphatic carbocycles. The summed E-state index contributed by atoms with van der Waals surface area (Å²) >= 11 is 0. The van der Waals surface area contributed by atoms with E-state index in [2.05, 4.69) is 0 Å². The van der Waals surface area contributed by atoms with Gasteiger partial charge < -0.3 is 19.1 Å². The molecule has 1 aromatic heterocycles. The van der Waals surface area contributed by atoms with Crippen LogP contribution in [-0.4, -0.2) is 33.2 Å². The van der Waals surface area contributed by atoms with E-state index in [-0.39, 0.29) is 41.9 Å². The molecule has 210 valence electrons. The Morgan fingerprint density at radius 1 is 1.07 bits per heavy atom. The molecule has 1 aliphatic heterocycles. The van der Waals surface area contributed by atoms with Crippen LogP contribution in [0.15, 0.2) is 71.7 Å². The first-order valence-electron chi connectivity index (χ1n) is 13.2. The van der Waals surface area contributed by atoms with Crippen LogP contribution in [-0.2, 0) is 17.9 Å². The second kappa shape index (κ2) is 10.3. The summed E-state index contributed by atoms with van der Waals surface area (Å²) in [6.07, 6.45) is 2.20. The van der Waals surface area contributed by atoms with Crippen molar-refractivity contribution in [3.8, 4) is 16.9 Å². The van der Waals surface area contributed by atoms with Gasteiger partial charge in [0.05, 0.1) is 16.9 Å². The summed E-state index contributed by atoms with van der Waals surface area (Å²) in [6, 6.07) is 17.4. The van der Waals surface area contributed by atoms with Crippen molar-refractivity contribution in [2.45, 2.75) is 51.6 Å². The molecule has 41 heavy (non-hydrogen) atoms. The number of alkyl halides is 2. The van der Waals surface area contributed by atoms with Gasteiger partial charge in [0.1, 0.15) is 12.2 Å². The second-order valence-corrected chi connectivity index (χ2v) is 10.3. The number of ether oxygens (including phenoxy) is 2. The highest BCUT2D eigenvalue weighted by Crippen LogP contribution is 2.44. The summed E-state index contributed by atoms with van der Waals surface area (Å²) in [5.74, 6) is -1.57. The first kappa shape index (κ1) is 26.5. The number of rotatable bonds is 7. The average molecular weight is 561 g/mol. The number of carboxylic acids is 1. The molecule has 6 rings (SSSR count). The van der Waals surface area contributed by atoms with Crippen LogP contribution >= 0.6 is 0 Å². The quantitative estimate of drug-likeness (QED) is 0.277. The second-order valence-electron chi connectivity index (χ2n) is 10.3. The minimum absolute atomic E-state index is 0.00156. The number of amides is 1. The molecule has 3 aromatic carbocycles. The van der Waals surface area contributed by atoms with Gasteiger partial charge in [-0.05, 0) is 60.2 Å². The zero-order chi connectivity index (χ0) is 28.8. The van der Waals surface area contributed by atoms with Crippen LogP contribution in [0.4, 0.5) is 13.6 Å². The maximum atomic E-state index is 13.7. The molecule has 2 heterocycles. The molecule has 2 aliphatic rings. The molecule has 0 saturated heterocycles. The van der Waals surface area contributed by atoms with Crippen molar-refractivity contribution >= 4 is 23.0 Å². The van der Waals surface area contributed by atoms with E-state index in [1.54, 1.807) is 15.5 Å². The van der Waals surface area contributed by atoms with Gasteiger partial charge in [0.15, 0.2) is 5.75 Å². The molecule has 1 N–H and O–H groups in total. The van der Waals surface area contributed by atoms with Gasteiger partial charge in [0.2, 0.25) is 5.43 Å². The summed E-state index contributed by atoms with van der Waals surface area (Å²) in [6.45, 7) is -0.871. The summed E-state index contributed by atoms with van der Waals surface area (Å²) in [5.41, 5.74) is 2.45. The van der Waals surface area contributed by atoms with Crippen molar-refractivity contribution in [1.29, 1.82) is 0 Å². The highest BCUT2D eigenvalue weighted by Gasteiger charge is 2.33. The first-order chi connectivity index (χ1) is 19.7. The Hall–Kier alpha value is -4.73. The third-order valence-corrected chi connectivity index (χ3v) is 7.68. The van der Waals surface area contributed by atoms with Crippen LogP contribution < -0.4 is 10.2 Å². The molecular weight excluding hydrogens is 534 g/mol. The molecule has 0 spiro atoms. The van der Waals surface area contributed by atoms with E-state index in [1.807, 2.05) is 49.4 Å². The lowest BCUT2D eigenvalue weighted by Gasteiger charge is -2.21. The number of aromatic nitrogens is 1. The fraction of sp³-hybridized carbons (Fsp3) is 0.258. The Bertz CT molecular complexity index is 1730. The fourth-order valence-corrected chi connectivity index (χ4v) is 5.48. The van der Waals surface area contributed by atoms with Crippen molar-refractivity contribution in [2.75, 3.05) is 0 Å². The highest BCUT2D eigenvalue weighted by molar-refractivity contribution is 5.97. The van der Waals surface area contributed by atoms with E-state index >= 15 is 0 Å². The predicted octanol–water partition coefficient (Wildman–Crippen LogP) is 6.52. The Balaban J connectivity index is 1.38. The maximum absolute atomic E-state index is 13.7. The molecule has 0 radical (unpaired) electrons. The van der Waals surface area contributed by atoms with Gasteiger partial charge in [0.25, 0.3) is 0 Å². The number of halogens is 2. The summed E-state index contributed by atoms with van der Waals surface area (Å²) in [4.78, 5) is 39.2. The predicted molar refractivity (Wildman–Crippen MR) is 146 cm³/mol. The minimum atomic E-state index is -3.18. The van der Waals surface area contributed by atoms with Crippen LogP contribution in [0.5, 0.6) is 5.75 Å². The van der Waals surface area contributed by atoms with Crippen molar-refractivity contribution in [1.82, 2.24) is 9.47 Å². The molecule has 1 unspecified atom stereocenters. The molecule has 10 heteroatoms. The lowest BCUT2D eigenvalue weighted by molar-refractivity contribution is -0.0486. The van der Waals surface area contributed by atoms with Crippen LogP contribution in [0.1, 0.15) is 58.9 Å². The number of pyridine rings is 1. The van der Waals surface area contributed by atoms with E-state index < -0.39 is 29.7 Å². The SMILES string of the molecule is CC1c2ccc(-c3ccc4c(=O)c(C(=O)O)cn(C5CC5)c4c3OC(F)F)cc2CN1C(=O)OCc1ccccc1. The monoisotopic (exact) mass is 560 g/mol. The summed E-state index contributed by atoms with van der Waals surface area (Å²) < 4.78 is 39.6. The van der Waals surface area contributed by atoms with Gasteiger partial charge in [-0.15, -0.1) is 0 Å². The topological polar surface area (TPSA) is 98.1 Å². The molecular formula is C31H26F2N2O6. The molecule has 1 amide bonds. The zero-order valence-corrected chi connectivity index (χ0v) is 22.1. The average Bonchev–Trinajstić information content (AvgIpc) is 3.75. The highest BCUT2D eigenvalue weighted by atomic mass is 19.3. The number of hydrogen-bond donors (Lipinski definition) is 1. The third kappa shape index (κ3) is 4.90. The van der Waals surface area contributed by atoms with Crippen LogP contribution in [0, 0.1) is 0 Å². The van der Waals surface area contributed by atoms with Gasteiger partial charge in [-0.3, -0.25) is 9.69 Å². The van der Waals surface area contributed by atoms with Crippen molar-refractivity contribution in [3.05, 3.63) is 99.3 Å². The Labute approximate surface area is 233 Å². The number of nitrogens with zero attached hydrogens (tertiary/aromatic N) is 2. The number of aromatic carboxylic acids is 1. The third-order valence-electron chi connectivity index (χ3n) is 7.68. The Morgan fingerprint density at radius 3 is 2.51 bits per heavy atom. The molecule has 4 aromatic rings. The molecule has 1 saturated carbocycles. The van der Waals surface area contributed by atoms with Gasteiger partial charge >= 0.3 is 18.7 Å². The molecule has 0 bridgehead atoms. The zero-order valence-electron chi connectivity index (χ0n) is 22.1. The maximum Gasteiger partial charge on any atom is 0.410 e. The lowest BCUT2D eigenvalue weighted by Crippen LogP contribution is -2.28. The lowest BCUT2D eigenvalue weighted by atomic mass is 9.96. The van der Waals surface area contributed by atoms with E-state index in [0.29, 0.717) is 11.1 Å². The van der Waals surface area contributed by atoms with Gasteiger partial charge in [-0.1, -0.05) is 42.5 Å². The Morgan fingerprint density at radius 2 is 1.83 bits per heavy atom. The van der Waals surface area contributed by atoms with Crippen LogP contribution in [0.2, 0.25) is 0 Å². The summed E-state index contributed by atoms with van der Waals surface area (Å²) in [5, 5.41) is 9.56. The normalized spacial score (nSPS) is 16.2. The number of carboxylic acid groups (broad SMARTS) is 1. The number of benzene rings is 3. The first-order valence-corrected chi connectivity index (χ1v) is 13.2. The molecule has 1 atom stereocenters. The fourth-order valence-electron chi connectivity index (χ4n) is 5.48. The standard InChI is InChI=1S/C31H26F2N2O6/c1-17-22-10-7-19(13-20(22)14-34(17)31(39)40-16-18-5-3-2-4-6-18)23-11-12-24-26(28(23)41-30(32)33)35(21-8-9-21)15-25(27(24)36)29(37)38/h2-7,10-13,15,17,21,30H,8-9,14,16H2,1H3,(H,37,38). The number of hydrogen-bond acceptors (Lipinski definition) is 5. The van der Waals surface area contributed by atoms with E-state index in [9.17, 15) is 28.3 Å². The van der Waals surface area contributed by atoms with Gasteiger partial charge in [-0.25, -0.2) is 9.59 Å². The largest absolute Gasteiger partial charge is 0.477 e. The number of carbonyl (C=O) groups is 2. The van der Waals surface area contributed by atoms with E-state index in [1.165, 1.54) is 18.3 Å². The van der Waals surface area contributed by atoms with Crippen molar-refractivity contribution in [2.24, 2.45) is 0 Å². The smallest absolute Gasteiger partial charge is 0.410 e. The minimum Gasteiger partial charge on any atom is -0.477 e. The van der Waals surface area contributed by atoms with E-state index in [0.717, 1.165) is 29.5 Å². The van der Waals surface area contributed by atoms with Crippen LogP contribution in [0.25, 0.3) is 22.0 Å². The van der Waals surface area contributed by atoms with E-state index in [4.69, 9.17) is 9.47 Å². The number of carbonyl (C=O) groups excluding carboxylic acids is 1. The Kier molecular flexibility index (Phi) is 6.69.